The van der Waals surface area contributed by atoms with Crippen LogP contribution in [0.1, 0.15) is 30.9 Å². The first-order valence-electron chi connectivity index (χ1n) is 8.31. The Balaban J connectivity index is 1.49. The van der Waals surface area contributed by atoms with Crippen LogP contribution in [0.15, 0.2) is 18.2 Å². The van der Waals surface area contributed by atoms with Crippen LogP contribution in [0.25, 0.3) is 0 Å². The second kappa shape index (κ2) is 6.69. The van der Waals surface area contributed by atoms with Gasteiger partial charge in [-0.05, 0) is 48.9 Å². The van der Waals surface area contributed by atoms with E-state index in [9.17, 15) is 9.90 Å². The van der Waals surface area contributed by atoms with Crippen molar-refractivity contribution in [2.45, 2.75) is 32.6 Å². The van der Waals surface area contributed by atoms with Crippen molar-refractivity contribution in [3.05, 3.63) is 29.3 Å². The van der Waals surface area contributed by atoms with Crippen LogP contribution in [0.2, 0.25) is 0 Å². The molecule has 22 heavy (non-hydrogen) atoms. The number of benzene rings is 1. The highest BCUT2D eigenvalue weighted by atomic mass is 16.5. The van der Waals surface area contributed by atoms with Crippen LogP contribution in [0.4, 0.5) is 0 Å². The number of nitrogens with zero attached hydrogens (tertiary/aromatic N) is 1. The Labute approximate surface area is 132 Å². The Bertz CT molecular complexity index is 543. The van der Waals surface area contributed by atoms with E-state index in [0.717, 1.165) is 51.1 Å². The normalized spacial score (nSPS) is 24.8. The summed E-state index contributed by atoms with van der Waals surface area (Å²) in [5, 5.41) is 9.23. The average molecular weight is 303 g/mol. The maximum atomic E-state index is 11.2. The summed E-state index contributed by atoms with van der Waals surface area (Å²) in [6, 6.07) is 6.51. The lowest BCUT2D eigenvalue weighted by Gasteiger charge is -2.34. The molecule has 2 unspecified atom stereocenters. The summed E-state index contributed by atoms with van der Waals surface area (Å²) in [5.74, 6) is 0.681. The molecule has 2 atom stereocenters. The number of rotatable bonds is 5. The van der Waals surface area contributed by atoms with Gasteiger partial charge in [-0.15, -0.1) is 0 Å². The van der Waals surface area contributed by atoms with Crippen molar-refractivity contribution in [2.75, 3.05) is 26.2 Å². The lowest BCUT2D eigenvalue weighted by atomic mass is 9.90. The quantitative estimate of drug-likeness (QED) is 0.908. The molecule has 2 aliphatic rings. The van der Waals surface area contributed by atoms with E-state index in [4.69, 9.17) is 4.74 Å². The van der Waals surface area contributed by atoms with Gasteiger partial charge in [0.15, 0.2) is 0 Å². The van der Waals surface area contributed by atoms with Crippen LogP contribution in [0.3, 0.4) is 0 Å². The highest BCUT2D eigenvalue weighted by molar-refractivity contribution is 5.70. The molecule has 1 aromatic rings. The molecule has 3 rings (SSSR count). The van der Waals surface area contributed by atoms with Crippen molar-refractivity contribution in [1.82, 2.24) is 4.90 Å². The van der Waals surface area contributed by atoms with E-state index in [1.165, 1.54) is 11.1 Å². The third kappa shape index (κ3) is 3.61. The number of fused-ring (bicyclic) bond motifs is 1. The van der Waals surface area contributed by atoms with Gasteiger partial charge in [-0.2, -0.15) is 0 Å². The lowest BCUT2D eigenvalue weighted by molar-refractivity contribution is -0.144. The third-order valence-corrected chi connectivity index (χ3v) is 4.78. The van der Waals surface area contributed by atoms with Gasteiger partial charge < -0.3 is 14.7 Å². The molecule has 0 saturated carbocycles. The van der Waals surface area contributed by atoms with E-state index in [-0.39, 0.29) is 5.92 Å². The standard InChI is InChI=1S/C18H25NO3/c1-13-9-16(18(20)21)12-19(11-13)7-2-3-14-4-5-17-15(10-14)6-8-22-17/h4-5,10,13,16H,2-3,6-9,11-12H2,1H3,(H,20,21). The van der Waals surface area contributed by atoms with E-state index < -0.39 is 5.97 Å². The number of aliphatic carboxylic acids is 1. The van der Waals surface area contributed by atoms with E-state index in [1.54, 1.807) is 0 Å². The van der Waals surface area contributed by atoms with E-state index in [1.807, 2.05) is 0 Å². The molecule has 1 N–H and O–H groups in total. The molecular formula is C18H25NO3. The molecule has 4 heteroatoms. The minimum Gasteiger partial charge on any atom is -0.493 e. The average Bonchev–Trinajstić information content (AvgIpc) is 2.94. The zero-order valence-electron chi connectivity index (χ0n) is 13.3. The fourth-order valence-corrected chi connectivity index (χ4v) is 3.73. The molecule has 1 aromatic carbocycles. The number of aryl methyl sites for hydroxylation is 1. The highest BCUT2D eigenvalue weighted by Gasteiger charge is 2.28. The largest absolute Gasteiger partial charge is 0.493 e. The van der Waals surface area contributed by atoms with E-state index in [2.05, 4.69) is 30.0 Å². The second-order valence-electron chi connectivity index (χ2n) is 6.78. The van der Waals surface area contributed by atoms with Crippen LogP contribution >= 0.6 is 0 Å². The van der Waals surface area contributed by atoms with Gasteiger partial charge in [0.25, 0.3) is 0 Å². The maximum absolute atomic E-state index is 11.2. The van der Waals surface area contributed by atoms with Crippen LogP contribution < -0.4 is 4.74 Å². The molecule has 0 radical (unpaired) electrons. The van der Waals surface area contributed by atoms with Gasteiger partial charge in [-0.1, -0.05) is 19.1 Å². The number of likely N-dealkylation sites (tertiary alicyclic amines) is 1. The number of carboxylic acid groups (broad SMARTS) is 1. The van der Waals surface area contributed by atoms with Gasteiger partial charge in [-0.25, -0.2) is 0 Å². The first-order chi connectivity index (χ1) is 10.6. The summed E-state index contributed by atoms with van der Waals surface area (Å²) in [7, 11) is 0. The monoisotopic (exact) mass is 303 g/mol. The minimum atomic E-state index is -0.643. The molecule has 0 bridgehead atoms. The van der Waals surface area contributed by atoms with E-state index >= 15 is 0 Å². The number of carbonyl (C=O) groups is 1. The van der Waals surface area contributed by atoms with Crippen LogP contribution in [0.5, 0.6) is 5.75 Å². The summed E-state index contributed by atoms with van der Waals surface area (Å²) < 4.78 is 5.54. The van der Waals surface area contributed by atoms with Crippen LogP contribution in [0, 0.1) is 11.8 Å². The number of hydrogen-bond donors (Lipinski definition) is 1. The number of hydrogen-bond acceptors (Lipinski definition) is 3. The van der Waals surface area contributed by atoms with Crippen molar-refractivity contribution in [3.8, 4) is 5.75 Å². The third-order valence-electron chi connectivity index (χ3n) is 4.78. The van der Waals surface area contributed by atoms with Crippen molar-refractivity contribution >= 4 is 5.97 Å². The summed E-state index contributed by atoms with van der Waals surface area (Å²) in [6.07, 6.45) is 3.97. The first kappa shape index (κ1) is 15.3. The van der Waals surface area contributed by atoms with Crippen molar-refractivity contribution in [3.63, 3.8) is 0 Å². The molecule has 0 aliphatic carbocycles. The van der Waals surface area contributed by atoms with Gasteiger partial charge in [-0.3, -0.25) is 4.79 Å². The van der Waals surface area contributed by atoms with Gasteiger partial charge in [0.1, 0.15) is 5.75 Å². The SMILES string of the molecule is CC1CC(C(=O)O)CN(CCCc2ccc3c(c2)CCO3)C1. The summed E-state index contributed by atoms with van der Waals surface area (Å²) in [4.78, 5) is 13.5. The molecule has 1 fully saturated rings. The molecule has 2 heterocycles. The van der Waals surface area contributed by atoms with Crippen molar-refractivity contribution in [1.29, 1.82) is 0 Å². The minimum absolute atomic E-state index is 0.194. The van der Waals surface area contributed by atoms with Gasteiger partial charge in [0.05, 0.1) is 12.5 Å². The molecule has 120 valence electrons. The first-order valence-corrected chi connectivity index (χ1v) is 8.31. The van der Waals surface area contributed by atoms with Crippen LogP contribution in [-0.4, -0.2) is 42.2 Å². The fourth-order valence-electron chi connectivity index (χ4n) is 3.73. The van der Waals surface area contributed by atoms with Crippen molar-refractivity contribution in [2.24, 2.45) is 11.8 Å². The van der Waals surface area contributed by atoms with Gasteiger partial charge in [0.2, 0.25) is 0 Å². The Morgan fingerprint density at radius 3 is 3.09 bits per heavy atom. The Morgan fingerprint density at radius 1 is 1.41 bits per heavy atom. The Morgan fingerprint density at radius 2 is 2.27 bits per heavy atom. The molecule has 0 spiro atoms. The Kier molecular flexibility index (Phi) is 4.67. The predicted molar refractivity (Wildman–Crippen MR) is 85.3 cm³/mol. The zero-order valence-corrected chi connectivity index (χ0v) is 13.3. The number of carboxylic acids is 1. The van der Waals surface area contributed by atoms with Gasteiger partial charge in [0, 0.05) is 19.5 Å². The van der Waals surface area contributed by atoms with Crippen molar-refractivity contribution < 1.29 is 14.6 Å². The lowest BCUT2D eigenvalue weighted by Crippen LogP contribution is -2.42. The molecule has 2 aliphatic heterocycles. The summed E-state index contributed by atoms with van der Waals surface area (Å²) in [5.41, 5.74) is 2.69. The van der Waals surface area contributed by atoms with Crippen LogP contribution in [-0.2, 0) is 17.6 Å². The molecule has 4 nitrogen and oxygen atoms in total. The van der Waals surface area contributed by atoms with Gasteiger partial charge >= 0.3 is 5.97 Å². The Hall–Kier alpha value is -1.55. The maximum Gasteiger partial charge on any atom is 0.307 e. The molecule has 0 aromatic heterocycles. The van der Waals surface area contributed by atoms with E-state index in [0.29, 0.717) is 12.5 Å². The fraction of sp³-hybridized carbons (Fsp3) is 0.611. The number of piperidine rings is 1. The predicted octanol–water partition coefficient (Wildman–Crippen LogP) is 2.60. The summed E-state index contributed by atoms with van der Waals surface area (Å²) >= 11 is 0. The zero-order chi connectivity index (χ0) is 15.5. The second-order valence-corrected chi connectivity index (χ2v) is 6.78. The summed E-state index contributed by atoms with van der Waals surface area (Å²) in [6.45, 7) is 5.69. The molecule has 1 saturated heterocycles. The molecular weight excluding hydrogens is 278 g/mol. The molecule has 0 amide bonds. The number of ether oxygens (including phenoxy) is 1. The smallest absolute Gasteiger partial charge is 0.307 e. The topological polar surface area (TPSA) is 49.8 Å². The highest BCUT2D eigenvalue weighted by Crippen LogP contribution is 2.26.